The van der Waals surface area contributed by atoms with Crippen LogP contribution in [0.2, 0.25) is 0 Å². The van der Waals surface area contributed by atoms with Crippen LogP contribution in [0.3, 0.4) is 0 Å². The Morgan fingerprint density at radius 1 is 0.455 bits per heavy atom. The molecule has 0 spiro atoms. The van der Waals surface area contributed by atoms with Gasteiger partial charge in [0.2, 0.25) is 5.91 Å². The molecule has 1 saturated heterocycles. The van der Waals surface area contributed by atoms with E-state index in [1.165, 1.54) is 238 Å². The second kappa shape index (κ2) is 47.8. The van der Waals surface area contributed by atoms with Gasteiger partial charge in [0.25, 0.3) is 0 Å². The summed E-state index contributed by atoms with van der Waals surface area (Å²) in [5.74, 6) is -0.138. The molecule has 0 aromatic carbocycles. The van der Waals surface area contributed by atoms with Crippen molar-refractivity contribution in [2.45, 2.75) is 346 Å². The second-order valence-electron chi connectivity index (χ2n) is 20.8. The van der Waals surface area contributed by atoms with Crippen LogP contribution >= 0.6 is 0 Å². The lowest BCUT2D eigenvalue weighted by molar-refractivity contribution is -0.302. The Labute approximate surface area is 408 Å². The summed E-state index contributed by atoms with van der Waals surface area (Å²) in [7, 11) is 0. The second-order valence-corrected chi connectivity index (χ2v) is 20.8. The first-order chi connectivity index (χ1) is 32.3. The van der Waals surface area contributed by atoms with E-state index in [4.69, 9.17) is 9.47 Å². The van der Waals surface area contributed by atoms with Crippen molar-refractivity contribution in [1.82, 2.24) is 5.32 Å². The number of ether oxygens (including phenoxy) is 2. The highest BCUT2D eigenvalue weighted by Crippen LogP contribution is 2.23. The monoisotopic (exact) mass is 940 g/mol. The molecule has 0 aromatic rings. The quantitative estimate of drug-likeness (QED) is 0.0330. The van der Waals surface area contributed by atoms with Gasteiger partial charge in [-0.15, -0.1) is 0 Å². The van der Waals surface area contributed by atoms with Crippen LogP contribution < -0.4 is 5.32 Å². The summed E-state index contributed by atoms with van der Waals surface area (Å²) in [6.07, 6.45) is 50.2. The van der Waals surface area contributed by atoms with Crippen LogP contribution in [0.4, 0.5) is 0 Å². The number of amides is 1. The van der Waals surface area contributed by atoms with E-state index in [1.54, 1.807) is 0 Å². The number of carbonyl (C=O) groups excluding carboxylic acids is 1. The summed E-state index contributed by atoms with van der Waals surface area (Å²) >= 11 is 0. The summed E-state index contributed by atoms with van der Waals surface area (Å²) in [4.78, 5) is 13.0. The zero-order valence-electron chi connectivity index (χ0n) is 43.7. The van der Waals surface area contributed by atoms with Gasteiger partial charge < -0.3 is 40.3 Å². The van der Waals surface area contributed by atoms with Gasteiger partial charge in [0.15, 0.2) is 6.29 Å². The zero-order chi connectivity index (χ0) is 48.0. The Kier molecular flexibility index (Phi) is 45.8. The Morgan fingerprint density at radius 3 is 1.08 bits per heavy atom. The molecule has 1 amide bonds. The molecule has 6 N–H and O–H groups in total. The first kappa shape index (κ1) is 63.2. The van der Waals surface area contributed by atoms with Gasteiger partial charge in [-0.3, -0.25) is 4.79 Å². The van der Waals surface area contributed by atoms with Crippen LogP contribution in [0.25, 0.3) is 0 Å². The van der Waals surface area contributed by atoms with Crippen LogP contribution in [-0.4, -0.2) is 87.5 Å². The summed E-state index contributed by atoms with van der Waals surface area (Å²) in [5, 5.41) is 54.5. The van der Waals surface area contributed by atoms with Gasteiger partial charge in [-0.05, 0) is 12.8 Å². The molecule has 0 aliphatic carbocycles. The van der Waals surface area contributed by atoms with Crippen molar-refractivity contribution in [1.29, 1.82) is 0 Å². The van der Waals surface area contributed by atoms with Crippen molar-refractivity contribution in [3.05, 3.63) is 0 Å². The molecular formula is C57H113NO8. The highest BCUT2D eigenvalue weighted by Gasteiger charge is 2.44. The summed E-state index contributed by atoms with van der Waals surface area (Å²) in [5.41, 5.74) is 0. The van der Waals surface area contributed by atoms with Crippen LogP contribution in [0.15, 0.2) is 0 Å². The molecule has 66 heavy (non-hydrogen) atoms. The third-order valence-corrected chi connectivity index (χ3v) is 14.5. The predicted molar refractivity (Wildman–Crippen MR) is 277 cm³/mol. The maximum absolute atomic E-state index is 13.0. The third-order valence-electron chi connectivity index (χ3n) is 14.5. The minimum atomic E-state index is -1.55. The Balaban J connectivity index is 2.05. The van der Waals surface area contributed by atoms with E-state index in [0.717, 1.165) is 38.5 Å². The number of hydrogen-bond donors (Lipinski definition) is 6. The highest BCUT2D eigenvalue weighted by atomic mass is 16.7. The molecule has 0 saturated carbocycles. The molecule has 394 valence electrons. The molecule has 1 aliphatic rings. The number of unbranched alkanes of at least 4 members (excludes halogenated alkanes) is 41. The number of hydrogen-bond acceptors (Lipinski definition) is 8. The van der Waals surface area contributed by atoms with E-state index in [9.17, 15) is 30.3 Å². The van der Waals surface area contributed by atoms with Gasteiger partial charge >= 0.3 is 0 Å². The SMILES string of the molecule is CCCCCCCCCCCCCCCCCCCCCCCCCCCCCCCCCCC(=O)N[C@@H](CO[C@@H]1O[C@H](CO)[C@H](O)C(O)C1O)[C@H](O)CCCCCCCCCCCCC. The molecule has 0 aromatic heterocycles. The Bertz CT molecular complexity index is 1000. The summed E-state index contributed by atoms with van der Waals surface area (Å²) in [6.45, 7) is 3.86. The zero-order valence-corrected chi connectivity index (χ0v) is 43.7. The van der Waals surface area contributed by atoms with Crippen molar-refractivity contribution in [2.75, 3.05) is 13.2 Å². The first-order valence-corrected chi connectivity index (χ1v) is 29.2. The lowest BCUT2D eigenvalue weighted by Gasteiger charge is -2.40. The van der Waals surface area contributed by atoms with Crippen molar-refractivity contribution in [2.24, 2.45) is 0 Å². The van der Waals surface area contributed by atoms with E-state index in [0.29, 0.717) is 12.8 Å². The molecule has 9 nitrogen and oxygen atoms in total. The summed E-state index contributed by atoms with van der Waals surface area (Å²) < 4.78 is 11.3. The van der Waals surface area contributed by atoms with Crippen molar-refractivity contribution >= 4 is 5.91 Å². The van der Waals surface area contributed by atoms with Gasteiger partial charge in [0.05, 0.1) is 25.4 Å². The standard InChI is InChI=1S/C57H113NO8/c1-3-5-7-9-11-13-15-16-17-18-19-20-21-22-23-24-25-26-27-28-29-30-31-32-33-34-35-37-39-41-43-45-47-53(61)58-50(49-65-57-56(64)55(63)54(62)52(48-59)66-57)51(60)46-44-42-40-38-36-14-12-10-8-6-4-2/h50-52,54-57,59-60,62-64H,3-49H2,1-2H3,(H,58,61)/t50-,51+,52+,54-,55?,56?,57+/m0/s1. The lowest BCUT2D eigenvalue weighted by atomic mass is 9.99. The fourth-order valence-corrected chi connectivity index (χ4v) is 9.81. The number of aliphatic hydroxyl groups is 5. The molecule has 7 atom stereocenters. The molecular weight excluding hydrogens is 827 g/mol. The average Bonchev–Trinajstić information content (AvgIpc) is 3.32. The molecule has 9 heteroatoms. The molecule has 1 heterocycles. The average molecular weight is 941 g/mol. The molecule has 0 bridgehead atoms. The van der Waals surface area contributed by atoms with Gasteiger partial charge in [-0.1, -0.05) is 284 Å². The minimum Gasteiger partial charge on any atom is -0.394 e. The van der Waals surface area contributed by atoms with Crippen LogP contribution in [0.5, 0.6) is 0 Å². The number of carbonyl (C=O) groups is 1. The van der Waals surface area contributed by atoms with Crippen LogP contribution in [-0.2, 0) is 14.3 Å². The number of nitrogens with one attached hydrogen (secondary N) is 1. The van der Waals surface area contributed by atoms with Gasteiger partial charge in [0.1, 0.15) is 24.4 Å². The third kappa shape index (κ3) is 37.1. The number of rotatable bonds is 51. The fraction of sp³-hybridized carbons (Fsp3) is 0.982. The van der Waals surface area contributed by atoms with E-state index in [-0.39, 0.29) is 12.5 Å². The normalized spacial score (nSPS) is 19.7. The maximum atomic E-state index is 13.0. The predicted octanol–water partition coefficient (Wildman–Crippen LogP) is 14.2. The van der Waals surface area contributed by atoms with E-state index >= 15 is 0 Å². The Hall–Kier alpha value is -0.810. The van der Waals surface area contributed by atoms with E-state index in [1.807, 2.05) is 0 Å². The lowest BCUT2D eigenvalue weighted by Crippen LogP contribution is -2.60. The van der Waals surface area contributed by atoms with Gasteiger partial charge in [0, 0.05) is 6.42 Å². The van der Waals surface area contributed by atoms with Crippen molar-refractivity contribution < 1.29 is 39.8 Å². The first-order valence-electron chi connectivity index (χ1n) is 29.2. The van der Waals surface area contributed by atoms with Crippen molar-refractivity contribution in [3.8, 4) is 0 Å². The smallest absolute Gasteiger partial charge is 0.220 e. The molecule has 1 fully saturated rings. The van der Waals surface area contributed by atoms with E-state index in [2.05, 4.69) is 19.2 Å². The molecule has 2 unspecified atom stereocenters. The molecule has 1 aliphatic heterocycles. The maximum Gasteiger partial charge on any atom is 0.220 e. The minimum absolute atomic E-state index is 0.132. The van der Waals surface area contributed by atoms with Crippen LogP contribution in [0, 0.1) is 0 Å². The largest absolute Gasteiger partial charge is 0.394 e. The van der Waals surface area contributed by atoms with Gasteiger partial charge in [-0.25, -0.2) is 0 Å². The Morgan fingerprint density at radius 2 is 0.758 bits per heavy atom. The van der Waals surface area contributed by atoms with Crippen LogP contribution in [0.1, 0.15) is 303 Å². The molecule has 1 rings (SSSR count). The van der Waals surface area contributed by atoms with Gasteiger partial charge in [-0.2, -0.15) is 0 Å². The fourth-order valence-electron chi connectivity index (χ4n) is 9.81. The topological polar surface area (TPSA) is 149 Å². The van der Waals surface area contributed by atoms with E-state index < -0.39 is 49.5 Å². The van der Waals surface area contributed by atoms with Crippen molar-refractivity contribution in [3.63, 3.8) is 0 Å². The highest BCUT2D eigenvalue weighted by molar-refractivity contribution is 5.76. The summed E-state index contributed by atoms with van der Waals surface area (Å²) in [6, 6.07) is -0.712. The number of aliphatic hydroxyl groups excluding tert-OH is 5. The molecule has 0 radical (unpaired) electrons.